The summed E-state index contributed by atoms with van der Waals surface area (Å²) >= 11 is 19.8. The van der Waals surface area contributed by atoms with Crippen LogP contribution in [0.4, 0.5) is 5.13 Å². The fourth-order valence-corrected chi connectivity index (χ4v) is 5.05. The lowest BCUT2D eigenvalue weighted by molar-refractivity contribution is -0.113. The largest absolute Gasteiger partial charge is 0.284 e. The van der Waals surface area contributed by atoms with Gasteiger partial charge >= 0.3 is 0 Å². The van der Waals surface area contributed by atoms with Crippen molar-refractivity contribution in [1.82, 2.24) is 4.98 Å². The van der Waals surface area contributed by atoms with E-state index in [-0.39, 0.29) is 5.91 Å². The van der Waals surface area contributed by atoms with Crippen LogP contribution in [-0.2, 0) is 4.79 Å². The number of aliphatic imine (C=N–C) groups is 1. The van der Waals surface area contributed by atoms with Crippen LogP contribution >= 0.6 is 46.1 Å². The Morgan fingerprint density at radius 1 is 0.903 bits per heavy atom. The van der Waals surface area contributed by atoms with Gasteiger partial charge < -0.3 is 0 Å². The van der Waals surface area contributed by atoms with Crippen molar-refractivity contribution in [2.75, 3.05) is 4.90 Å². The van der Waals surface area contributed by atoms with Gasteiger partial charge in [0.2, 0.25) is 0 Å². The fraction of sp³-hybridized carbons (Fsp3) is 0. The Morgan fingerprint density at radius 2 is 1.65 bits per heavy atom. The highest BCUT2D eigenvalue weighted by Gasteiger charge is 2.34. The van der Waals surface area contributed by atoms with E-state index in [1.54, 1.807) is 30.3 Å². The monoisotopic (exact) mass is 483 g/mol. The average molecular weight is 485 g/mol. The Balaban J connectivity index is 1.65. The molecule has 1 aliphatic rings. The van der Waals surface area contributed by atoms with E-state index in [4.69, 9.17) is 34.8 Å². The molecule has 152 valence electrons. The molecule has 0 N–H and O–H groups in total. The van der Waals surface area contributed by atoms with Crippen LogP contribution in [0.15, 0.2) is 77.4 Å². The van der Waals surface area contributed by atoms with Crippen LogP contribution < -0.4 is 4.90 Å². The normalized spacial score (nSPS) is 15.2. The molecular formula is C23H12Cl3N3OS. The van der Waals surface area contributed by atoms with Gasteiger partial charge in [-0.3, -0.25) is 4.79 Å². The number of nitrogens with zero attached hydrogens (tertiary/aromatic N) is 3. The zero-order valence-electron chi connectivity index (χ0n) is 15.7. The molecule has 0 fully saturated rings. The van der Waals surface area contributed by atoms with Gasteiger partial charge in [-0.15, -0.1) is 0 Å². The maximum absolute atomic E-state index is 13.4. The molecule has 0 bridgehead atoms. The molecule has 1 amide bonds. The molecular weight excluding hydrogens is 473 g/mol. The second-order valence-electron chi connectivity index (χ2n) is 6.75. The van der Waals surface area contributed by atoms with Crippen LogP contribution in [0.5, 0.6) is 0 Å². The zero-order chi connectivity index (χ0) is 21.5. The van der Waals surface area contributed by atoms with E-state index < -0.39 is 0 Å². The Bertz CT molecular complexity index is 1380. The van der Waals surface area contributed by atoms with Crippen molar-refractivity contribution in [2.24, 2.45) is 4.99 Å². The van der Waals surface area contributed by atoms with Crippen LogP contribution in [0, 0.1) is 0 Å². The molecule has 0 aliphatic carbocycles. The van der Waals surface area contributed by atoms with Crippen LogP contribution in [-0.4, -0.2) is 16.7 Å². The lowest BCUT2D eigenvalue weighted by atomic mass is 10.2. The van der Waals surface area contributed by atoms with Gasteiger partial charge in [-0.25, -0.2) is 14.9 Å². The Hall–Kier alpha value is -2.70. The number of hydrogen-bond donors (Lipinski definition) is 0. The van der Waals surface area contributed by atoms with Gasteiger partial charge in [0.05, 0.1) is 9.72 Å². The van der Waals surface area contributed by atoms with Gasteiger partial charge in [-0.05, 0) is 35.9 Å². The predicted octanol–water partition coefficient (Wildman–Crippen LogP) is 7.09. The van der Waals surface area contributed by atoms with E-state index in [9.17, 15) is 4.79 Å². The van der Waals surface area contributed by atoms with Crippen molar-refractivity contribution >= 4 is 79.3 Å². The smallest absolute Gasteiger partial charge is 0.266 e. The molecule has 2 heterocycles. The number of aromatic nitrogens is 1. The van der Waals surface area contributed by atoms with E-state index in [1.165, 1.54) is 16.2 Å². The highest BCUT2D eigenvalue weighted by Crippen LogP contribution is 2.38. The summed E-state index contributed by atoms with van der Waals surface area (Å²) in [4.78, 5) is 24.2. The van der Waals surface area contributed by atoms with Gasteiger partial charge in [0.1, 0.15) is 17.0 Å². The van der Waals surface area contributed by atoms with E-state index >= 15 is 0 Å². The number of fused-ring (bicyclic) bond motifs is 1. The third kappa shape index (κ3) is 3.86. The van der Waals surface area contributed by atoms with Crippen LogP contribution in [0.25, 0.3) is 16.3 Å². The number of carbonyl (C=O) groups is 1. The maximum Gasteiger partial charge on any atom is 0.284 e. The Morgan fingerprint density at radius 3 is 2.39 bits per heavy atom. The minimum absolute atomic E-state index is 0.268. The molecule has 0 unspecified atom stereocenters. The highest BCUT2D eigenvalue weighted by molar-refractivity contribution is 7.22. The molecule has 4 aromatic rings. The first-order chi connectivity index (χ1) is 15.0. The van der Waals surface area contributed by atoms with Gasteiger partial charge in [0, 0.05) is 15.6 Å². The molecule has 5 rings (SSSR count). The van der Waals surface area contributed by atoms with E-state index in [0.29, 0.717) is 37.2 Å². The summed E-state index contributed by atoms with van der Waals surface area (Å²) in [5.41, 5.74) is 2.54. The second kappa shape index (κ2) is 8.09. The number of amidine groups is 1. The summed E-state index contributed by atoms with van der Waals surface area (Å²) in [5.74, 6) is 0.238. The van der Waals surface area contributed by atoms with Crippen LogP contribution in [0.3, 0.4) is 0 Å². The molecule has 0 spiro atoms. The highest BCUT2D eigenvalue weighted by atomic mass is 35.5. The molecule has 1 aliphatic heterocycles. The molecule has 0 radical (unpaired) electrons. The molecule has 1 aromatic heterocycles. The van der Waals surface area contributed by atoms with E-state index in [0.717, 1.165) is 15.8 Å². The average Bonchev–Trinajstić information content (AvgIpc) is 3.31. The Labute approximate surface area is 197 Å². The first-order valence-electron chi connectivity index (χ1n) is 9.21. The standard InChI is InChI=1S/C23H12Cl3N3OS/c24-15-8-6-13(7-9-15)10-18-22(30)29(21(27-18)14-4-2-1-3-5-14)23-28-20-17(26)11-16(25)12-19(20)31-23/h1-12H/b18-10-. The minimum atomic E-state index is -0.268. The van der Waals surface area contributed by atoms with Crippen molar-refractivity contribution in [1.29, 1.82) is 0 Å². The number of hydrogen-bond acceptors (Lipinski definition) is 4. The maximum atomic E-state index is 13.4. The van der Waals surface area contributed by atoms with Gasteiger partial charge in [0.15, 0.2) is 5.13 Å². The minimum Gasteiger partial charge on any atom is -0.266 e. The van der Waals surface area contributed by atoms with Crippen molar-refractivity contribution in [3.8, 4) is 0 Å². The number of carbonyl (C=O) groups excluding carboxylic acids is 1. The summed E-state index contributed by atoms with van der Waals surface area (Å²) in [6, 6.07) is 20.2. The SMILES string of the molecule is O=C1/C(=C/c2ccc(Cl)cc2)N=C(c2ccccc2)N1c1nc2c(Cl)cc(Cl)cc2s1. The lowest BCUT2D eigenvalue weighted by Gasteiger charge is -2.14. The predicted molar refractivity (Wildman–Crippen MR) is 130 cm³/mol. The molecule has 8 heteroatoms. The van der Waals surface area contributed by atoms with Crippen molar-refractivity contribution < 1.29 is 4.79 Å². The Kier molecular flexibility index (Phi) is 5.28. The number of rotatable bonds is 3. The van der Waals surface area contributed by atoms with Crippen LogP contribution in [0.2, 0.25) is 15.1 Å². The van der Waals surface area contributed by atoms with E-state index in [2.05, 4.69) is 9.98 Å². The summed E-state index contributed by atoms with van der Waals surface area (Å²) < 4.78 is 0.794. The first-order valence-corrected chi connectivity index (χ1v) is 11.2. The summed E-state index contributed by atoms with van der Waals surface area (Å²) in [6.07, 6.45) is 1.73. The van der Waals surface area contributed by atoms with Gasteiger partial charge in [-0.2, -0.15) is 0 Å². The van der Waals surface area contributed by atoms with E-state index in [1.807, 2.05) is 42.5 Å². The third-order valence-electron chi connectivity index (χ3n) is 4.66. The van der Waals surface area contributed by atoms with Gasteiger partial charge in [0.25, 0.3) is 5.91 Å². The second-order valence-corrected chi connectivity index (χ2v) is 9.04. The lowest BCUT2D eigenvalue weighted by Crippen LogP contribution is -2.32. The molecule has 0 atom stereocenters. The van der Waals surface area contributed by atoms with Crippen LogP contribution in [0.1, 0.15) is 11.1 Å². The zero-order valence-corrected chi connectivity index (χ0v) is 18.8. The fourth-order valence-electron chi connectivity index (χ4n) is 3.23. The number of benzene rings is 3. The summed E-state index contributed by atoms with van der Waals surface area (Å²) in [6.45, 7) is 0. The summed E-state index contributed by atoms with van der Waals surface area (Å²) in [7, 11) is 0. The van der Waals surface area contributed by atoms with Crippen molar-refractivity contribution in [2.45, 2.75) is 0 Å². The van der Waals surface area contributed by atoms with Crippen molar-refractivity contribution in [3.63, 3.8) is 0 Å². The topological polar surface area (TPSA) is 45.6 Å². The number of thiazole rings is 1. The number of anilines is 1. The molecule has 4 nitrogen and oxygen atoms in total. The number of amides is 1. The third-order valence-corrected chi connectivity index (χ3v) is 6.40. The molecule has 31 heavy (non-hydrogen) atoms. The van der Waals surface area contributed by atoms with Gasteiger partial charge in [-0.1, -0.05) is 88.6 Å². The summed E-state index contributed by atoms with van der Waals surface area (Å²) in [5, 5.41) is 2.05. The molecule has 0 saturated carbocycles. The molecule has 3 aromatic carbocycles. The first kappa shape index (κ1) is 20.2. The van der Waals surface area contributed by atoms with Crippen molar-refractivity contribution in [3.05, 3.63) is 98.6 Å². The molecule has 0 saturated heterocycles. The number of halogens is 3. The quantitative estimate of drug-likeness (QED) is 0.291.